The predicted octanol–water partition coefficient (Wildman–Crippen LogP) is 4.84. The van der Waals surface area contributed by atoms with E-state index in [0.29, 0.717) is 34.6 Å². The lowest BCUT2D eigenvalue weighted by molar-refractivity contribution is 0.0621. The van der Waals surface area contributed by atoms with Crippen LogP contribution < -0.4 is 4.74 Å². The number of amides is 1. The number of halogens is 3. The standard InChI is InChI=1S/C22H21Cl3N4O2/c23-17-3-1-2-16(12-17)14-27-8-10-28(11-9-27)22(30)20-6-7-29(26-20)15-31-21-5-4-18(24)13-19(21)25/h1-7,12-13H,8-11,14-15H2. The van der Waals surface area contributed by atoms with Gasteiger partial charge in [0.1, 0.15) is 5.75 Å². The van der Waals surface area contributed by atoms with Crippen LogP contribution in [-0.2, 0) is 13.3 Å². The summed E-state index contributed by atoms with van der Waals surface area (Å²) < 4.78 is 7.23. The average molecular weight is 480 g/mol. The Kier molecular flexibility index (Phi) is 7.02. The number of hydrogen-bond donors (Lipinski definition) is 0. The lowest BCUT2D eigenvalue weighted by atomic mass is 10.2. The Bertz CT molecular complexity index is 1060. The van der Waals surface area contributed by atoms with Crippen molar-refractivity contribution in [2.24, 2.45) is 0 Å². The third-order valence-electron chi connectivity index (χ3n) is 5.06. The number of carbonyl (C=O) groups is 1. The molecule has 0 radical (unpaired) electrons. The first-order chi connectivity index (χ1) is 15.0. The van der Waals surface area contributed by atoms with Crippen LogP contribution in [0.5, 0.6) is 5.75 Å². The molecule has 1 fully saturated rings. The smallest absolute Gasteiger partial charge is 0.274 e. The van der Waals surface area contributed by atoms with Crippen molar-refractivity contribution in [3.8, 4) is 5.75 Å². The van der Waals surface area contributed by atoms with E-state index < -0.39 is 0 Å². The Morgan fingerprint density at radius 2 is 1.74 bits per heavy atom. The topological polar surface area (TPSA) is 50.6 Å². The van der Waals surface area contributed by atoms with Gasteiger partial charge in [-0.3, -0.25) is 9.69 Å². The summed E-state index contributed by atoms with van der Waals surface area (Å²) in [6.45, 7) is 3.88. The van der Waals surface area contributed by atoms with Crippen LogP contribution in [0.3, 0.4) is 0 Å². The number of aromatic nitrogens is 2. The summed E-state index contributed by atoms with van der Waals surface area (Å²) in [6, 6.07) is 14.6. The van der Waals surface area contributed by atoms with Crippen molar-refractivity contribution in [1.29, 1.82) is 0 Å². The van der Waals surface area contributed by atoms with Crippen molar-refractivity contribution in [3.63, 3.8) is 0 Å². The zero-order valence-corrected chi connectivity index (χ0v) is 18.9. The highest BCUT2D eigenvalue weighted by Crippen LogP contribution is 2.27. The minimum atomic E-state index is -0.0781. The summed E-state index contributed by atoms with van der Waals surface area (Å²) in [5, 5.41) is 6.05. The van der Waals surface area contributed by atoms with Gasteiger partial charge in [0, 0.05) is 49.0 Å². The van der Waals surface area contributed by atoms with E-state index in [9.17, 15) is 4.79 Å². The molecule has 1 saturated heterocycles. The van der Waals surface area contributed by atoms with Gasteiger partial charge in [0.15, 0.2) is 12.4 Å². The molecule has 0 unspecified atom stereocenters. The Morgan fingerprint density at radius 3 is 2.48 bits per heavy atom. The zero-order chi connectivity index (χ0) is 21.8. The molecular formula is C22H21Cl3N4O2. The van der Waals surface area contributed by atoms with E-state index in [1.165, 1.54) is 5.56 Å². The molecule has 1 aromatic heterocycles. The fourth-order valence-electron chi connectivity index (χ4n) is 3.44. The first-order valence-corrected chi connectivity index (χ1v) is 11.0. The van der Waals surface area contributed by atoms with Crippen molar-refractivity contribution in [2.45, 2.75) is 13.3 Å². The van der Waals surface area contributed by atoms with Crippen molar-refractivity contribution >= 4 is 40.7 Å². The third kappa shape index (κ3) is 5.71. The maximum Gasteiger partial charge on any atom is 0.274 e. The average Bonchev–Trinajstić information content (AvgIpc) is 3.22. The van der Waals surface area contributed by atoms with Crippen molar-refractivity contribution in [2.75, 3.05) is 26.2 Å². The molecule has 0 spiro atoms. The number of hydrogen-bond acceptors (Lipinski definition) is 4. The molecule has 162 valence electrons. The number of ether oxygens (including phenoxy) is 1. The zero-order valence-electron chi connectivity index (χ0n) is 16.7. The SMILES string of the molecule is O=C(c1ccn(COc2ccc(Cl)cc2Cl)n1)N1CCN(Cc2cccc(Cl)c2)CC1. The van der Waals surface area contributed by atoms with Crippen molar-refractivity contribution in [3.05, 3.63) is 81.1 Å². The molecule has 1 aliphatic heterocycles. The number of rotatable bonds is 6. The quantitative estimate of drug-likeness (QED) is 0.508. The van der Waals surface area contributed by atoms with E-state index >= 15 is 0 Å². The van der Waals surface area contributed by atoms with Gasteiger partial charge in [-0.05, 0) is 42.0 Å². The first-order valence-electron chi connectivity index (χ1n) is 9.85. The van der Waals surface area contributed by atoms with Crippen LogP contribution >= 0.6 is 34.8 Å². The largest absolute Gasteiger partial charge is 0.470 e. The normalized spacial score (nSPS) is 14.6. The second-order valence-electron chi connectivity index (χ2n) is 7.29. The number of benzene rings is 2. The van der Waals surface area contributed by atoms with Gasteiger partial charge in [0.05, 0.1) is 5.02 Å². The maximum absolute atomic E-state index is 12.8. The van der Waals surface area contributed by atoms with Crippen LogP contribution in [0, 0.1) is 0 Å². The van der Waals surface area contributed by atoms with Crippen molar-refractivity contribution in [1.82, 2.24) is 19.6 Å². The second kappa shape index (κ2) is 9.92. The molecule has 1 amide bonds. The highest BCUT2D eigenvalue weighted by molar-refractivity contribution is 6.35. The van der Waals surface area contributed by atoms with Crippen LogP contribution in [0.15, 0.2) is 54.7 Å². The summed E-state index contributed by atoms with van der Waals surface area (Å²) in [6.07, 6.45) is 1.71. The van der Waals surface area contributed by atoms with Crippen LogP contribution in [0.25, 0.3) is 0 Å². The van der Waals surface area contributed by atoms with E-state index in [1.54, 1.807) is 35.1 Å². The molecule has 0 N–H and O–H groups in total. The molecule has 3 aromatic rings. The Labute approximate surface area is 195 Å². The highest BCUT2D eigenvalue weighted by Gasteiger charge is 2.23. The minimum Gasteiger partial charge on any atom is -0.470 e. The highest BCUT2D eigenvalue weighted by atomic mass is 35.5. The van der Waals surface area contributed by atoms with E-state index in [2.05, 4.69) is 16.1 Å². The Hall–Kier alpha value is -2.25. The molecule has 1 aliphatic rings. The second-order valence-corrected chi connectivity index (χ2v) is 8.57. The van der Waals surface area contributed by atoms with Gasteiger partial charge in [0.25, 0.3) is 5.91 Å². The van der Waals surface area contributed by atoms with Gasteiger partial charge in [-0.15, -0.1) is 0 Å². The first kappa shape index (κ1) is 22.0. The molecule has 6 nitrogen and oxygen atoms in total. The molecule has 4 rings (SSSR count). The number of piperazine rings is 1. The molecular weight excluding hydrogens is 459 g/mol. The summed E-state index contributed by atoms with van der Waals surface area (Å²) in [7, 11) is 0. The number of carbonyl (C=O) groups excluding carboxylic acids is 1. The predicted molar refractivity (Wildman–Crippen MR) is 122 cm³/mol. The van der Waals surface area contributed by atoms with Crippen LogP contribution in [-0.4, -0.2) is 51.7 Å². The molecule has 9 heteroatoms. The fourth-order valence-corrected chi connectivity index (χ4v) is 4.12. The molecule has 2 aromatic carbocycles. The van der Waals surface area contributed by atoms with Crippen LogP contribution in [0.2, 0.25) is 15.1 Å². The molecule has 0 bridgehead atoms. The van der Waals surface area contributed by atoms with Gasteiger partial charge >= 0.3 is 0 Å². The summed E-state index contributed by atoms with van der Waals surface area (Å²) in [5.74, 6) is 0.427. The molecule has 2 heterocycles. The van der Waals surface area contributed by atoms with Crippen molar-refractivity contribution < 1.29 is 9.53 Å². The minimum absolute atomic E-state index is 0.0781. The van der Waals surface area contributed by atoms with E-state index in [1.807, 2.05) is 23.1 Å². The summed E-state index contributed by atoms with van der Waals surface area (Å²) in [5.41, 5.74) is 1.57. The summed E-state index contributed by atoms with van der Waals surface area (Å²) >= 11 is 18.1. The Balaban J connectivity index is 1.29. The van der Waals surface area contributed by atoms with Crippen LogP contribution in [0.1, 0.15) is 16.1 Å². The molecule has 0 saturated carbocycles. The van der Waals surface area contributed by atoms with Gasteiger partial charge in [0.2, 0.25) is 0 Å². The lowest BCUT2D eigenvalue weighted by Gasteiger charge is -2.34. The Morgan fingerprint density at radius 1 is 0.968 bits per heavy atom. The van der Waals surface area contributed by atoms with E-state index in [4.69, 9.17) is 39.5 Å². The number of nitrogens with zero attached hydrogens (tertiary/aromatic N) is 4. The van der Waals surface area contributed by atoms with E-state index in [-0.39, 0.29) is 12.6 Å². The molecule has 0 aliphatic carbocycles. The fraction of sp³-hybridized carbons (Fsp3) is 0.273. The molecule has 0 atom stereocenters. The van der Waals surface area contributed by atoms with Gasteiger partial charge < -0.3 is 9.64 Å². The third-order valence-corrected chi connectivity index (χ3v) is 5.83. The van der Waals surface area contributed by atoms with Crippen LogP contribution in [0.4, 0.5) is 0 Å². The van der Waals surface area contributed by atoms with Gasteiger partial charge in [-0.2, -0.15) is 5.10 Å². The van der Waals surface area contributed by atoms with E-state index in [0.717, 1.165) is 24.7 Å². The van der Waals surface area contributed by atoms with Gasteiger partial charge in [-0.1, -0.05) is 46.9 Å². The van der Waals surface area contributed by atoms with Gasteiger partial charge in [-0.25, -0.2) is 4.68 Å². The summed E-state index contributed by atoms with van der Waals surface area (Å²) in [4.78, 5) is 17.0. The molecule has 31 heavy (non-hydrogen) atoms. The maximum atomic E-state index is 12.8. The lowest BCUT2D eigenvalue weighted by Crippen LogP contribution is -2.48. The monoisotopic (exact) mass is 478 g/mol.